The number of aryl methyl sites for hydroxylation is 1. The van der Waals surface area contributed by atoms with Gasteiger partial charge in [-0.1, -0.05) is 10.6 Å². The molecule has 0 amide bonds. The smallest absolute Gasteiger partial charge is 0.0774 e. The maximum Gasteiger partial charge on any atom is 0.0774 e. The molecule has 1 aromatic carbocycles. The molecular formula is C14H18N4OS. The van der Waals surface area contributed by atoms with Crippen LogP contribution in [-0.2, 0) is 11.3 Å². The van der Waals surface area contributed by atoms with E-state index >= 15 is 0 Å². The van der Waals surface area contributed by atoms with E-state index in [4.69, 9.17) is 4.74 Å². The summed E-state index contributed by atoms with van der Waals surface area (Å²) in [5.74, 6) is 0. The van der Waals surface area contributed by atoms with Gasteiger partial charge in [0, 0.05) is 24.5 Å². The molecule has 1 saturated heterocycles. The lowest BCUT2D eigenvalue weighted by molar-refractivity contribution is 0.122. The number of hydrogen-bond acceptors (Lipinski definition) is 6. The van der Waals surface area contributed by atoms with Gasteiger partial charge in [0.2, 0.25) is 0 Å². The number of nitrogens with zero attached hydrogens (tertiary/aromatic N) is 3. The Morgan fingerprint density at radius 1 is 1.35 bits per heavy atom. The average molecular weight is 290 g/mol. The highest BCUT2D eigenvalue weighted by atomic mass is 32.1. The van der Waals surface area contributed by atoms with Crippen LogP contribution in [-0.4, -0.2) is 35.9 Å². The zero-order valence-corrected chi connectivity index (χ0v) is 12.3. The van der Waals surface area contributed by atoms with Crippen molar-refractivity contribution in [1.29, 1.82) is 0 Å². The molecule has 1 aliphatic rings. The molecule has 0 bridgehead atoms. The molecule has 6 heteroatoms. The van der Waals surface area contributed by atoms with Gasteiger partial charge < -0.3 is 15.0 Å². The first kappa shape index (κ1) is 13.3. The van der Waals surface area contributed by atoms with Gasteiger partial charge in [0.05, 0.1) is 30.3 Å². The molecule has 1 aromatic heterocycles. The van der Waals surface area contributed by atoms with Crippen molar-refractivity contribution in [2.45, 2.75) is 13.5 Å². The van der Waals surface area contributed by atoms with Crippen molar-refractivity contribution in [3.05, 3.63) is 34.8 Å². The lowest BCUT2D eigenvalue weighted by atomic mass is 10.2. The van der Waals surface area contributed by atoms with E-state index in [2.05, 4.69) is 44.1 Å². The van der Waals surface area contributed by atoms with E-state index in [9.17, 15) is 0 Å². The zero-order chi connectivity index (χ0) is 13.8. The fourth-order valence-electron chi connectivity index (χ4n) is 2.23. The van der Waals surface area contributed by atoms with Gasteiger partial charge in [0.15, 0.2) is 0 Å². The van der Waals surface area contributed by atoms with E-state index in [1.54, 1.807) is 0 Å². The maximum atomic E-state index is 5.39. The predicted octanol–water partition coefficient (Wildman–Crippen LogP) is 2.30. The lowest BCUT2D eigenvalue weighted by Gasteiger charge is -2.29. The van der Waals surface area contributed by atoms with Crippen molar-refractivity contribution in [2.24, 2.45) is 0 Å². The molecule has 0 radical (unpaired) electrons. The Morgan fingerprint density at radius 2 is 2.20 bits per heavy atom. The van der Waals surface area contributed by atoms with Gasteiger partial charge in [-0.3, -0.25) is 0 Å². The molecule has 1 N–H and O–H groups in total. The van der Waals surface area contributed by atoms with Gasteiger partial charge in [-0.05, 0) is 36.7 Å². The molecule has 1 fully saturated rings. The fraction of sp³-hybridized carbons (Fsp3) is 0.429. The molecule has 2 aromatic rings. The summed E-state index contributed by atoms with van der Waals surface area (Å²) in [7, 11) is 0. The standard InChI is InChI=1S/C14H18N4OS/c1-11-14(20-17-16-11)10-15-12-3-2-4-13(9-12)18-5-7-19-8-6-18/h2-4,9,15H,5-8,10H2,1H3. The van der Waals surface area contributed by atoms with Crippen LogP contribution in [0, 0.1) is 6.92 Å². The van der Waals surface area contributed by atoms with E-state index in [-0.39, 0.29) is 0 Å². The predicted molar refractivity (Wildman–Crippen MR) is 81.4 cm³/mol. The van der Waals surface area contributed by atoms with Crippen LogP contribution in [0.1, 0.15) is 10.6 Å². The molecule has 20 heavy (non-hydrogen) atoms. The number of morpholine rings is 1. The highest BCUT2D eigenvalue weighted by Gasteiger charge is 2.11. The Labute approximate surface area is 122 Å². The average Bonchev–Trinajstić information content (AvgIpc) is 2.92. The molecule has 106 valence electrons. The zero-order valence-electron chi connectivity index (χ0n) is 11.5. The van der Waals surface area contributed by atoms with Gasteiger partial charge in [-0.15, -0.1) is 5.10 Å². The summed E-state index contributed by atoms with van der Waals surface area (Å²) in [6, 6.07) is 8.52. The van der Waals surface area contributed by atoms with Crippen molar-refractivity contribution in [2.75, 3.05) is 36.5 Å². The molecular weight excluding hydrogens is 272 g/mol. The van der Waals surface area contributed by atoms with Gasteiger partial charge in [-0.2, -0.15) is 0 Å². The van der Waals surface area contributed by atoms with E-state index < -0.39 is 0 Å². The Hall–Kier alpha value is -1.66. The number of aromatic nitrogens is 2. The van der Waals surface area contributed by atoms with Gasteiger partial charge in [-0.25, -0.2) is 0 Å². The highest BCUT2D eigenvalue weighted by molar-refractivity contribution is 7.05. The number of benzene rings is 1. The first-order valence-corrected chi connectivity index (χ1v) is 7.55. The Morgan fingerprint density at radius 3 is 2.95 bits per heavy atom. The second kappa shape index (κ2) is 6.19. The summed E-state index contributed by atoms with van der Waals surface area (Å²) in [4.78, 5) is 3.54. The number of anilines is 2. The van der Waals surface area contributed by atoms with Crippen LogP contribution in [0.4, 0.5) is 11.4 Å². The topological polar surface area (TPSA) is 50.3 Å². The minimum absolute atomic E-state index is 0.774. The summed E-state index contributed by atoms with van der Waals surface area (Å²) in [5.41, 5.74) is 3.38. The van der Waals surface area contributed by atoms with Crippen LogP contribution in [0.2, 0.25) is 0 Å². The third-order valence-electron chi connectivity index (χ3n) is 3.42. The molecule has 0 saturated carbocycles. The van der Waals surface area contributed by atoms with Crippen LogP contribution >= 0.6 is 11.5 Å². The van der Waals surface area contributed by atoms with E-state index in [0.29, 0.717) is 0 Å². The van der Waals surface area contributed by atoms with Crippen molar-refractivity contribution in [1.82, 2.24) is 9.59 Å². The lowest BCUT2D eigenvalue weighted by Crippen LogP contribution is -2.36. The van der Waals surface area contributed by atoms with Gasteiger partial charge >= 0.3 is 0 Å². The molecule has 1 aliphatic heterocycles. The highest BCUT2D eigenvalue weighted by Crippen LogP contribution is 2.21. The van der Waals surface area contributed by atoms with Gasteiger partial charge in [0.25, 0.3) is 0 Å². The van der Waals surface area contributed by atoms with Crippen molar-refractivity contribution >= 4 is 22.9 Å². The van der Waals surface area contributed by atoms with E-state index in [1.807, 2.05) is 6.92 Å². The summed E-state index contributed by atoms with van der Waals surface area (Å²) in [6.45, 7) is 6.30. The molecule has 3 rings (SSSR count). The van der Waals surface area contributed by atoms with Crippen LogP contribution in [0.15, 0.2) is 24.3 Å². The quantitative estimate of drug-likeness (QED) is 0.936. The Balaban J connectivity index is 1.66. The second-order valence-corrected chi connectivity index (χ2v) is 5.62. The van der Waals surface area contributed by atoms with Crippen LogP contribution < -0.4 is 10.2 Å². The third kappa shape index (κ3) is 3.08. The SMILES string of the molecule is Cc1nnsc1CNc1cccc(N2CCOCC2)c1. The number of ether oxygens (including phenoxy) is 1. The summed E-state index contributed by atoms with van der Waals surface area (Å²) in [6.07, 6.45) is 0. The largest absolute Gasteiger partial charge is 0.380 e. The fourth-order valence-corrected chi connectivity index (χ4v) is 2.80. The maximum absolute atomic E-state index is 5.39. The van der Waals surface area contributed by atoms with Crippen molar-refractivity contribution < 1.29 is 4.74 Å². The molecule has 2 heterocycles. The molecule has 0 atom stereocenters. The number of nitrogens with one attached hydrogen (secondary N) is 1. The second-order valence-electron chi connectivity index (χ2n) is 4.78. The molecule has 0 aliphatic carbocycles. The minimum atomic E-state index is 0.774. The molecule has 0 spiro atoms. The minimum Gasteiger partial charge on any atom is -0.380 e. The van der Waals surface area contributed by atoms with Crippen molar-refractivity contribution in [3.63, 3.8) is 0 Å². The monoisotopic (exact) mass is 290 g/mol. The third-order valence-corrected chi connectivity index (χ3v) is 4.24. The summed E-state index contributed by atoms with van der Waals surface area (Å²) < 4.78 is 9.35. The van der Waals surface area contributed by atoms with E-state index in [0.717, 1.165) is 44.2 Å². The van der Waals surface area contributed by atoms with Gasteiger partial charge in [0.1, 0.15) is 0 Å². The molecule has 0 unspecified atom stereocenters. The van der Waals surface area contributed by atoms with Crippen LogP contribution in [0.5, 0.6) is 0 Å². The normalized spacial score (nSPS) is 15.3. The van der Waals surface area contributed by atoms with E-state index in [1.165, 1.54) is 22.1 Å². The van der Waals surface area contributed by atoms with Crippen LogP contribution in [0.3, 0.4) is 0 Å². The van der Waals surface area contributed by atoms with Crippen molar-refractivity contribution in [3.8, 4) is 0 Å². The Bertz CT molecular complexity index is 566. The number of hydrogen-bond donors (Lipinski definition) is 1. The summed E-state index contributed by atoms with van der Waals surface area (Å²) in [5, 5.41) is 7.47. The molecule has 5 nitrogen and oxygen atoms in total. The van der Waals surface area contributed by atoms with Crippen LogP contribution in [0.25, 0.3) is 0 Å². The Kier molecular flexibility index (Phi) is 4.13. The summed E-state index contributed by atoms with van der Waals surface area (Å²) >= 11 is 1.45. The number of rotatable bonds is 4. The first-order valence-electron chi connectivity index (χ1n) is 6.77. The first-order chi connectivity index (χ1) is 9.83.